The fraction of sp³-hybridized carbons (Fsp3) is 0.538. The molecule has 0 atom stereocenters. The van der Waals surface area contributed by atoms with Crippen molar-refractivity contribution in [2.24, 2.45) is 5.92 Å². The van der Waals surface area contributed by atoms with E-state index in [9.17, 15) is 21.6 Å². The van der Waals surface area contributed by atoms with Crippen molar-refractivity contribution in [1.29, 1.82) is 0 Å². The van der Waals surface area contributed by atoms with Crippen molar-refractivity contribution >= 4 is 15.5 Å². The Morgan fingerprint density at radius 2 is 1.70 bits per heavy atom. The first-order chi connectivity index (χ1) is 9.24. The van der Waals surface area contributed by atoms with E-state index >= 15 is 0 Å². The zero-order valence-corrected chi connectivity index (χ0v) is 12.2. The molecule has 0 aliphatic rings. The van der Waals surface area contributed by atoms with Gasteiger partial charge in [0.15, 0.2) is 0 Å². The van der Waals surface area contributed by atoms with E-state index in [-0.39, 0.29) is 11.6 Å². The van der Waals surface area contributed by atoms with Crippen molar-refractivity contribution in [3.05, 3.63) is 24.3 Å². The standard InChI is InChI=1S/C13H18F3NO2S/c1-3-10(4-2)9-17-11-7-5-6-8-12(11)20(18,19)13(14,15)16/h5-8,10,17H,3-4,9H2,1-2H3. The van der Waals surface area contributed by atoms with Crippen molar-refractivity contribution < 1.29 is 21.6 Å². The first-order valence-corrected chi connectivity index (χ1v) is 7.86. The molecule has 0 fully saturated rings. The molecule has 0 aliphatic heterocycles. The third kappa shape index (κ3) is 3.65. The molecule has 0 unspecified atom stereocenters. The van der Waals surface area contributed by atoms with Crippen LogP contribution in [0.4, 0.5) is 18.9 Å². The molecule has 0 aromatic heterocycles. The minimum Gasteiger partial charge on any atom is -0.384 e. The average Bonchev–Trinajstić information content (AvgIpc) is 2.39. The molecule has 0 saturated heterocycles. The van der Waals surface area contributed by atoms with E-state index in [0.29, 0.717) is 6.54 Å². The van der Waals surface area contributed by atoms with E-state index in [4.69, 9.17) is 0 Å². The molecule has 0 amide bonds. The lowest BCUT2D eigenvalue weighted by atomic mass is 10.0. The maximum Gasteiger partial charge on any atom is 0.501 e. The lowest BCUT2D eigenvalue weighted by molar-refractivity contribution is -0.0435. The fourth-order valence-electron chi connectivity index (χ4n) is 1.80. The Kier molecular flexibility index (Phi) is 5.44. The lowest BCUT2D eigenvalue weighted by Gasteiger charge is -2.17. The highest BCUT2D eigenvalue weighted by molar-refractivity contribution is 7.92. The third-order valence-electron chi connectivity index (χ3n) is 3.22. The minimum atomic E-state index is -5.33. The Bertz CT molecular complexity index is 537. The quantitative estimate of drug-likeness (QED) is 0.868. The van der Waals surface area contributed by atoms with Gasteiger partial charge < -0.3 is 5.32 Å². The monoisotopic (exact) mass is 309 g/mol. The van der Waals surface area contributed by atoms with Crippen LogP contribution in [0.15, 0.2) is 29.2 Å². The summed E-state index contributed by atoms with van der Waals surface area (Å²) in [6, 6.07) is 5.10. The molecule has 3 nitrogen and oxygen atoms in total. The van der Waals surface area contributed by atoms with Gasteiger partial charge in [-0.2, -0.15) is 13.2 Å². The van der Waals surface area contributed by atoms with Crippen LogP contribution in [0.3, 0.4) is 0 Å². The molecule has 114 valence electrons. The number of hydrogen-bond acceptors (Lipinski definition) is 3. The molecular weight excluding hydrogens is 291 g/mol. The second-order valence-electron chi connectivity index (χ2n) is 4.51. The molecule has 0 bridgehead atoms. The molecule has 0 saturated carbocycles. The molecule has 20 heavy (non-hydrogen) atoms. The second-order valence-corrected chi connectivity index (χ2v) is 6.42. The normalized spacial score (nSPS) is 12.7. The van der Waals surface area contributed by atoms with Crippen molar-refractivity contribution in [1.82, 2.24) is 0 Å². The fourth-order valence-corrected chi connectivity index (χ4v) is 2.74. The van der Waals surface area contributed by atoms with Gasteiger partial charge in [0.1, 0.15) is 0 Å². The molecule has 7 heteroatoms. The van der Waals surface area contributed by atoms with Crippen LogP contribution in [-0.2, 0) is 9.84 Å². The zero-order valence-electron chi connectivity index (χ0n) is 11.4. The molecule has 1 N–H and O–H groups in total. The number of halogens is 3. The lowest BCUT2D eigenvalue weighted by Crippen LogP contribution is -2.25. The molecule has 1 aromatic carbocycles. The molecule has 0 spiro atoms. The van der Waals surface area contributed by atoms with Gasteiger partial charge in [0.25, 0.3) is 9.84 Å². The molecular formula is C13H18F3NO2S. The van der Waals surface area contributed by atoms with E-state index < -0.39 is 20.2 Å². The smallest absolute Gasteiger partial charge is 0.384 e. The maximum absolute atomic E-state index is 12.6. The number of alkyl halides is 3. The summed E-state index contributed by atoms with van der Waals surface area (Å²) in [5.41, 5.74) is -5.29. The summed E-state index contributed by atoms with van der Waals surface area (Å²) in [4.78, 5) is -0.724. The van der Waals surface area contributed by atoms with E-state index in [1.54, 1.807) is 0 Å². The summed E-state index contributed by atoms with van der Waals surface area (Å²) in [5, 5.41) is 2.81. The van der Waals surface area contributed by atoms with Gasteiger partial charge in [0.05, 0.1) is 10.6 Å². The topological polar surface area (TPSA) is 46.2 Å². The van der Waals surface area contributed by atoms with Gasteiger partial charge in [0, 0.05) is 6.54 Å². The summed E-state index contributed by atoms with van der Waals surface area (Å²) in [5.74, 6) is 0.289. The van der Waals surface area contributed by atoms with Crippen molar-refractivity contribution in [2.75, 3.05) is 11.9 Å². The number of nitrogens with one attached hydrogen (secondary N) is 1. The number of anilines is 1. The average molecular weight is 309 g/mol. The zero-order chi connectivity index (χ0) is 15.4. The number of benzene rings is 1. The van der Waals surface area contributed by atoms with Gasteiger partial charge in [-0.15, -0.1) is 0 Å². The van der Waals surface area contributed by atoms with Crippen LogP contribution in [0, 0.1) is 5.92 Å². The van der Waals surface area contributed by atoms with Crippen LogP contribution in [-0.4, -0.2) is 20.5 Å². The Balaban J connectivity index is 3.07. The van der Waals surface area contributed by atoms with E-state index in [2.05, 4.69) is 5.32 Å². The SMILES string of the molecule is CCC(CC)CNc1ccccc1S(=O)(=O)C(F)(F)F. The summed E-state index contributed by atoms with van der Waals surface area (Å²) in [6.45, 7) is 4.40. The number of rotatable bonds is 6. The van der Waals surface area contributed by atoms with Crippen LogP contribution >= 0.6 is 0 Å². The predicted octanol–water partition coefficient (Wildman–Crippen LogP) is 3.83. The van der Waals surface area contributed by atoms with Gasteiger partial charge in [-0.25, -0.2) is 8.42 Å². The molecule has 0 heterocycles. The van der Waals surface area contributed by atoms with Crippen LogP contribution in [0.2, 0.25) is 0 Å². The predicted molar refractivity (Wildman–Crippen MR) is 72.2 cm³/mol. The van der Waals surface area contributed by atoms with Gasteiger partial charge in [-0.1, -0.05) is 38.8 Å². The highest BCUT2D eigenvalue weighted by Crippen LogP contribution is 2.34. The van der Waals surface area contributed by atoms with Crippen LogP contribution in [0.25, 0.3) is 0 Å². The first-order valence-electron chi connectivity index (χ1n) is 6.38. The number of sulfone groups is 1. The molecule has 1 aromatic rings. The number of para-hydroxylation sites is 1. The first kappa shape index (κ1) is 16.8. The maximum atomic E-state index is 12.6. The third-order valence-corrected chi connectivity index (χ3v) is 4.76. The highest BCUT2D eigenvalue weighted by atomic mass is 32.2. The van der Waals surface area contributed by atoms with Gasteiger partial charge in [-0.3, -0.25) is 0 Å². The van der Waals surface area contributed by atoms with E-state index in [1.165, 1.54) is 18.2 Å². The van der Waals surface area contributed by atoms with Crippen LogP contribution < -0.4 is 5.32 Å². The minimum absolute atomic E-state index is 0.00303. The van der Waals surface area contributed by atoms with E-state index in [0.717, 1.165) is 18.9 Å². The summed E-state index contributed by atoms with van der Waals surface area (Å²) < 4.78 is 60.8. The number of hydrogen-bond donors (Lipinski definition) is 1. The largest absolute Gasteiger partial charge is 0.501 e. The van der Waals surface area contributed by atoms with Crippen molar-refractivity contribution in [2.45, 2.75) is 37.1 Å². The van der Waals surface area contributed by atoms with Gasteiger partial charge in [0.2, 0.25) is 0 Å². The highest BCUT2D eigenvalue weighted by Gasteiger charge is 2.47. The summed E-state index contributed by atoms with van der Waals surface area (Å²) in [6.07, 6.45) is 1.75. The van der Waals surface area contributed by atoms with Crippen LogP contribution in [0.5, 0.6) is 0 Å². The Hall–Kier alpha value is -1.24. The Morgan fingerprint density at radius 3 is 2.20 bits per heavy atom. The molecule has 0 radical (unpaired) electrons. The Morgan fingerprint density at radius 1 is 1.15 bits per heavy atom. The second kappa shape index (κ2) is 6.47. The Labute approximate surface area is 117 Å². The molecule has 0 aliphatic carbocycles. The van der Waals surface area contributed by atoms with Gasteiger partial charge >= 0.3 is 5.51 Å². The summed E-state index contributed by atoms with van der Waals surface area (Å²) >= 11 is 0. The van der Waals surface area contributed by atoms with Crippen LogP contribution in [0.1, 0.15) is 26.7 Å². The van der Waals surface area contributed by atoms with E-state index in [1.807, 2.05) is 13.8 Å². The molecule has 1 rings (SSSR count). The van der Waals surface area contributed by atoms with Gasteiger partial charge in [-0.05, 0) is 18.1 Å². The van der Waals surface area contributed by atoms with Crippen molar-refractivity contribution in [3.8, 4) is 0 Å². The van der Waals surface area contributed by atoms with Crippen molar-refractivity contribution in [3.63, 3.8) is 0 Å². The summed E-state index contributed by atoms with van der Waals surface area (Å²) in [7, 11) is -5.33.